The van der Waals surface area contributed by atoms with Crippen molar-refractivity contribution in [2.45, 2.75) is 12.8 Å². The third-order valence-electron chi connectivity index (χ3n) is 3.53. The molecule has 0 unspecified atom stereocenters. The van der Waals surface area contributed by atoms with E-state index in [1.54, 1.807) is 4.90 Å². The van der Waals surface area contributed by atoms with Crippen LogP contribution in [0.15, 0.2) is 18.2 Å². The van der Waals surface area contributed by atoms with Crippen molar-refractivity contribution in [2.24, 2.45) is 5.92 Å². The summed E-state index contributed by atoms with van der Waals surface area (Å²) < 4.78 is 18.4. The lowest BCUT2D eigenvalue weighted by atomic mass is 9.96. The van der Waals surface area contributed by atoms with Gasteiger partial charge >= 0.3 is 5.97 Å². The van der Waals surface area contributed by atoms with Crippen molar-refractivity contribution in [2.75, 3.05) is 20.2 Å². The average molecular weight is 281 g/mol. The van der Waals surface area contributed by atoms with Gasteiger partial charge in [0.05, 0.1) is 13.0 Å². The molecule has 6 heteroatoms. The summed E-state index contributed by atoms with van der Waals surface area (Å²) in [4.78, 5) is 24.6. The number of hydrogen-bond donors (Lipinski definition) is 1. The van der Waals surface area contributed by atoms with E-state index in [0.29, 0.717) is 25.9 Å². The van der Waals surface area contributed by atoms with Crippen LogP contribution in [0.5, 0.6) is 5.75 Å². The van der Waals surface area contributed by atoms with Crippen molar-refractivity contribution in [3.8, 4) is 5.75 Å². The number of carboxylic acid groups (broad SMARTS) is 1. The minimum absolute atomic E-state index is 0.0890. The molecule has 2 rings (SSSR count). The van der Waals surface area contributed by atoms with E-state index in [9.17, 15) is 14.0 Å². The lowest BCUT2D eigenvalue weighted by Crippen LogP contribution is -2.40. The molecule has 0 atom stereocenters. The molecule has 1 N–H and O–H groups in total. The van der Waals surface area contributed by atoms with Crippen LogP contribution in [0.3, 0.4) is 0 Å². The number of ether oxygens (including phenoxy) is 1. The number of benzene rings is 1. The van der Waals surface area contributed by atoms with Gasteiger partial charge in [0.1, 0.15) is 0 Å². The fourth-order valence-electron chi connectivity index (χ4n) is 2.31. The van der Waals surface area contributed by atoms with Gasteiger partial charge in [-0.2, -0.15) is 0 Å². The van der Waals surface area contributed by atoms with Gasteiger partial charge in [-0.3, -0.25) is 9.59 Å². The Hall–Kier alpha value is -2.11. The fraction of sp³-hybridized carbons (Fsp3) is 0.429. The number of carbonyl (C=O) groups is 2. The molecule has 0 saturated carbocycles. The molecule has 0 aliphatic carbocycles. The Bertz CT molecular complexity index is 524. The minimum atomic E-state index is -0.826. The first-order valence-electron chi connectivity index (χ1n) is 6.38. The molecule has 1 amide bonds. The van der Waals surface area contributed by atoms with Crippen LogP contribution in [0.4, 0.5) is 4.39 Å². The summed E-state index contributed by atoms with van der Waals surface area (Å²) in [7, 11) is 1.36. The number of aliphatic carboxylic acids is 1. The van der Waals surface area contributed by atoms with Gasteiger partial charge in [-0.25, -0.2) is 4.39 Å². The lowest BCUT2D eigenvalue weighted by molar-refractivity contribution is -0.143. The van der Waals surface area contributed by atoms with Crippen molar-refractivity contribution < 1.29 is 23.8 Å². The van der Waals surface area contributed by atoms with Gasteiger partial charge in [-0.1, -0.05) is 0 Å². The highest BCUT2D eigenvalue weighted by Crippen LogP contribution is 2.22. The number of rotatable bonds is 3. The molecule has 1 saturated heterocycles. The maximum absolute atomic E-state index is 13.6. The van der Waals surface area contributed by atoms with E-state index < -0.39 is 17.7 Å². The number of halogens is 1. The second kappa shape index (κ2) is 5.90. The predicted octanol–water partition coefficient (Wildman–Crippen LogP) is 1.77. The van der Waals surface area contributed by atoms with Gasteiger partial charge in [0.15, 0.2) is 11.6 Å². The smallest absolute Gasteiger partial charge is 0.306 e. The first-order chi connectivity index (χ1) is 9.52. The summed E-state index contributed by atoms with van der Waals surface area (Å²) in [6.07, 6.45) is 0.861. The molecule has 1 fully saturated rings. The fourth-order valence-corrected chi connectivity index (χ4v) is 2.31. The number of carbonyl (C=O) groups excluding carboxylic acids is 1. The summed E-state index contributed by atoms with van der Waals surface area (Å²) in [6, 6.07) is 4.06. The number of nitrogens with zero attached hydrogens (tertiary/aromatic N) is 1. The van der Waals surface area contributed by atoms with Crippen LogP contribution in [0.1, 0.15) is 23.2 Å². The summed E-state index contributed by atoms with van der Waals surface area (Å²) >= 11 is 0. The number of methoxy groups -OCH3 is 1. The second-order valence-electron chi connectivity index (χ2n) is 4.75. The van der Waals surface area contributed by atoms with Crippen LogP contribution in [0.25, 0.3) is 0 Å². The monoisotopic (exact) mass is 281 g/mol. The van der Waals surface area contributed by atoms with Crippen molar-refractivity contribution in [3.05, 3.63) is 29.6 Å². The topological polar surface area (TPSA) is 66.8 Å². The third-order valence-corrected chi connectivity index (χ3v) is 3.53. The van der Waals surface area contributed by atoms with Gasteiger partial charge in [-0.05, 0) is 31.0 Å². The molecule has 5 nitrogen and oxygen atoms in total. The van der Waals surface area contributed by atoms with Gasteiger partial charge in [-0.15, -0.1) is 0 Å². The average Bonchev–Trinajstić information content (AvgIpc) is 2.46. The molecule has 1 aromatic carbocycles. The Kier molecular flexibility index (Phi) is 4.22. The highest BCUT2D eigenvalue weighted by atomic mass is 19.1. The zero-order valence-corrected chi connectivity index (χ0v) is 11.1. The molecule has 0 radical (unpaired) electrons. The van der Waals surface area contributed by atoms with Gasteiger partial charge in [0.2, 0.25) is 0 Å². The molecule has 20 heavy (non-hydrogen) atoms. The molecule has 1 aliphatic heterocycles. The highest BCUT2D eigenvalue weighted by molar-refractivity contribution is 5.94. The predicted molar refractivity (Wildman–Crippen MR) is 69.2 cm³/mol. The number of amides is 1. The van der Waals surface area contributed by atoms with Gasteiger partial charge in [0, 0.05) is 18.7 Å². The van der Waals surface area contributed by atoms with Crippen LogP contribution in [0.2, 0.25) is 0 Å². The molecule has 108 valence electrons. The first-order valence-corrected chi connectivity index (χ1v) is 6.38. The van der Waals surface area contributed by atoms with Gasteiger partial charge < -0.3 is 14.7 Å². The molecule has 1 heterocycles. The van der Waals surface area contributed by atoms with Crippen molar-refractivity contribution in [1.29, 1.82) is 0 Å². The van der Waals surface area contributed by atoms with Crippen molar-refractivity contribution in [3.63, 3.8) is 0 Å². The van der Waals surface area contributed by atoms with E-state index in [2.05, 4.69) is 0 Å². The van der Waals surface area contributed by atoms with Crippen LogP contribution in [-0.2, 0) is 4.79 Å². The van der Waals surface area contributed by atoms with E-state index in [1.165, 1.54) is 19.2 Å². The summed E-state index contributed by atoms with van der Waals surface area (Å²) in [5.74, 6) is -2.00. The Balaban J connectivity index is 2.05. The van der Waals surface area contributed by atoms with E-state index in [4.69, 9.17) is 9.84 Å². The van der Waals surface area contributed by atoms with E-state index in [0.717, 1.165) is 6.07 Å². The summed E-state index contributed by atoms with van der Waals surface area (Å²) in [6.45, 7) is 0.757. The summed E-state index contributed by atoms with van der Waals surface area (Å²) in [5.41, 5.74) is 0.247. The molecular weight excluding hydrogens is 265 g/mol. The van der Waals surface area contributed by atoms with E-state index in [1.807, 2.05) is 0 Å². The highest BCUT2D eigenvalue weighted by Gasteiger charge is 2.27. The normalized spacial score (nSPS) is 16.0. The molecule has 0 aromatic heterocycles. The Labute approximate surface area is 116 Å². The molecular formula is C14H16FNO4. The van der Waals surface area contributed by atoms with E-state index >= 15 is 0 Å². The Morgan fingerprint density at radius 1 is 1.35 bits per heavy atom. The maximum atomic E-state index is 13.6. The van der Waals surface area contributed by atoms with Crippen LogP contribution in [0, 0.1) is 11.7 Å². The maximum Gasteiger partial charge on any atom is 0.306 e. The second-order valence-corrected chi connectivity index (χ2v) is 4.75. The molecule has 0 bridgehead atoms. The molecule has 1 aliphatic rings. The van der Waals surface area contributed by atoms with E-state index in [-0.39, 0.29) is 17.2 Å². The molecule has 0 spiro atoms. The Morgan fingerprint density at radius 3 is 2.50 bits per heavy atom. The summed E-state index contributed by atoms with van der Waals surface area (Å²) in [5, 5.41) is 8.91. The van der Waals surface area contributed by atoms with Gasteiger partial charge in [0.25, 0.3) is 5.91 Å². The number of carboxylic acids is 1. The third kappa shape index (κ3) is 2.89. The van der Waals surface area contributed by atoms with Crippen LogP contribution < -0.4 is 4.74 Å². The largest absolute Gasteiger partial charge is 0.494 e. The number of hydrogen-bond acceptors (Lipinski definition) is 3. The standard InChI is InChI=1S/C14H16FNO4/c1-20-12-3-2-10(8-11(12)15)13(17)16-6-4-9(5-7-16)14(18)19/h2-3,8-9H,4-7H2,1H3,(H,18,19). The van der Waals surface area contributed by atoms with Crippen LogP contribution >= 0.6 is 0 Å². The van der Waals surface area contributed by atoms with Crippen molar-refractivity contribution >= 4 is 11.9 Å². The SMILES string of the molecule is COc1ccc(C(=O)N2CCC(C(=O)O)CC2)cc1F. The quantitative estimate of drug-likeness (QED) is 0.917. The lowest BCUT2D eigenvalue weighted by Gasteiger charge is -2.30. The van der Waals surface area contributed by atoms with Crippen molar-refractivity contribution in [1.82, 2.24) is 4.90 Å². The molecule has 1 aromatic rings. The zero-order valence-electron chi connectivity index (χ0n) is 11.1. The zero-order chi connectivity index (χ0) is 14.7. The number of piperidine rings is 1. The number of likely N-dealkylation sites (tertiary alicyclic amines) is 1. The van der Waals surface area contributed by atoms with Crippen LogP contribution in [-0.4, -0.2) is 42.1 Å². The minimum Gasteiger partial charge on any atom is -0.494 e. The Morgan fingerprint density at radius 2 is 2.00 bits per heavy atom. The first kappa shape index (κ1) is 14.3.